The second-order valence-electron chi connectivity index (χ2n) is 7.48. The van der Waals surface area contributed by atoms with E-state index in [4.69, 9.17) is 9.15 Å². The maximum absolute atomic E-state index is 12.6. The zero-order chi connectivity index (χ0) is 23.5. The summed E-state index contributed by atoms with van der Waals surface area (Å²) < 4.78 is 11.0. The van der Waals surface area contributed by atoms with Crippen molar-refractivity contribution in [2.75, 3.05) is 6.61 Å². The molecule has 3 aromatic rings. The highest BCUT2D eigenvalue weighted by atomic mass is 32.1. The molecule has 4 rings (SSSR count). The van der Waals surface area contributed by atoms with Crippen LogP contribution in [0.4, 0.5) is 5.00 Å². The Morgan fingerprint density at radius 1 is 1.09 bits per heavy atom. The molecule has 0 amide bonds. The van der Waals surface area contributed by atoms with E-state index >= 15 is 0 Å². The lowest BCUT2D eigenvalue weighted by molar-refractivity contribution is 0.0525. The second-order valence-corrected chi connectivity index (χ2v) is 8.56. The third-order valence-corrected chi connectivity index (χ3v) is 6.48. The Bertz CT molecular complexity index is 1240. The molecule has 2 heterocycles. The molecule has 0 spiro atoms. The number of furan rings is 1. The van der Waals surface area contributed by atoms with Crippen LogP contribution in [0.3, 0.4) is 0 Å². The quantitative estimate of drug-likeness (QED) is 0.361. The molecule has 2 N–H and O–H groups in total. The van der Waals surface area contributed by atoms with E-state index < -0.39 is 11.9 Å². The highest BCUT2D eigenvalue weighted by Gasteiger charge is 2.26. The number of ether oxygens (including phenoxy) is 1. The Hall–Kier alpha value is -3.72. The van der Waals surface area contributed by atoms with Crippen molar-refractivity contribution in [3.8, 4) is 11.3 Å². The molecule has 1 aliphatic carbocycles. The van der Waals surface area contributed by atoms with Gasteiger partial charge in [0, 0.05) is 10.4 Å². The molecule has 0 fully saturated rings. The first kappa shape index (κ1) is 22.5. The molecule has 8 nitrogen and oxygen atoms in total. The highest BCUT2D eigenvalue weighted by molar-refractivity contribution is 7.16. The summed E-state index contributed by atoms with van der Waals surface area (Å²) in [6, 6.07) is 7.04. The van der Waals surface area contributed by atoms with E-state index in [-0.39, 0.29) is 23.7 Å². The van der Waals surface area contributed by atoms with Crippen molar-refractivity contribution in [3.63, 3.8) is 0 Å². The molecule has 0 bridgehead atoms. The number of rotatable bonds is 7. The third kappa shape index (κ3) is 4.73. The van der Waals surface area contributed by atoms with Gasteiger partial charge in [-0.05, 0) is 68.5 Å². The van der Waals surface area contributed by atoms with E-state index in [1.54, 1.807) is 19.1 Å². The Balaban J connectivity index is 1.66. The van der Waals surface area contributed by atoms with E-state index in [0.717, 1.165) is 42.2 Å². The Kier molecular flexibility index (Phi) is 6.41. The van der Waals surface area contributed by atoms with Crippen LogP contribution < -0.4 is 0 Å². The molecule has 33 heavy (non-hydrogen) atoms. The topological polar surface area (TPSA) is 126 Å². The van der Waals surface area contributed by atoms with Gasteiger partial charge in [-0.15, -0.1) is 11.3 Å². The number of aryl methyl sites for hydroxylation is 1. The number of benzene rings is 1. The number of aliphatic imine (C=N–C) groups is 1. The summed E-state index contributed by atoms with van der Waals surface area (Å²) in [4.78, 5) is 40.9. The Morgan fingerprint density at radius 2 is 1.79 bits per heavy atom. The van der Waals surface area contributed by atoms with Crippen molar-refractivity contribution in [2.45, 2.75) is 32.6 Å². The molecule has 1 aliphatic rings. The summed E-state index contributed by atoms with van der Waals surface area (Å²) in [6.07, 6.45) is 5.33. The molecule has 0 saturated heterocycles. The maximum atomic E-state index is 12.6. The predicted octanol–water partition coefficient (Wildman–Crippen LogP) is 5.21. The van der Waals surface area contributed by atoms with E-state index in [1.807, 2.05) is 0 Å². The smallest absolute Gasteiger partial charge is 0.341 e. The number of carboxylic acid groups (broad SMARTS) is 2. The molecule has 170 valence electrons. The third-order valence-electron chi connectivity index (χ3n) is 5.28. The molecule has 0 aliphatic heterocycles. The molecule has 2 aromatic heterocycles. The number of esters is 1. The van der Waals surface area contributed by atoms with Crippen molar-refractivity contribution in [2.24, 2.45) is 4.99 Å². The van der Waals surface area contributed by atoms with Gasteiger partial charge in [-0.2, -0.15) is 0 Å². The first-order chi connectivity index (χ1) is 15.9. The van der Waals surface area contributed by atoms with Gasteiger partial charge in [-0.25, -0.2) is 19.4 Å². The van der Waals surface area contributed by atoms with Crippen LogP contribution in [-0.4, -0.2) is 40.9 Å². The fraction of sp³-hybridized carbons (Fsp3) is 0.250. The van der Waals surface area contributed by atoms with Crippen LogP contribution in [-0.2, 0) is 17.6 Å². The van der Waals surface area contributed by atoms with Gasteiger partial charge in [0.05, 0.1) is 29.5 Å². The number of thiophene rings is 1. The van der Waals surface area contributed by atoms with E-state index in [0.29, 0.717) is 27.6 Å². The van der Waals surface area contributed by atoms with Crippen molar-refractivity contribution < 1.29 is 33.8 Å². The fourth-order valence-corrected chi connectivity index (χ4v) is 4.99. The molecule has 9 heteroatoms. The first-order valence-electron chi connectivity index (χ1n) is 10.4. The van der Waals surface area contributed by atoms with Gasteiger partial charge >= 0.3 is 17.9 Å². The standard InChI is InChI=1S/C24H21NO7S/c1-2-31-24(30)20-17-5-3-4-6-19(17)33-21(20)25-12-16-7-8-18(32-16)13-9-14(22(26)27)11-15(10-13)23(28)29/h7-12H,2-6H2,1H3,(H,26,27)(H,28,29). The van der Waals surface area contributed by atoms with Gasteiger partial charge < -0.3 is 19.4 Å². The van der Waals surface area contributed by atoms with Gasteiger partial charge in [-0.3, -0.25) is 0 Å². The minimum atomic E-state index is -1.24. The number of carbonyl (C=O) groups is 3. The SMILES string of the molecule is CCOC(=O)c1c(N=Cc2ccc(-c3cc(C(=O)O)cc(C(=O)O)c3)o2)sc2c1CCCC2. The number of hydrogen-bond donors (Lipinski definition) is 2. The number of fused-ring (bicyclic) bond motifs is 1. The summed E-state index contributed by atoms with van der Waals surface area (Å²) >= 11 is 1.48. The Labute approximate surface area is 193 Å². The van der Waals surface area contributed by atoms with Gasteiger partial charge in [0.2, 0.25) is 0 Å². The molecule has 1 aromatic carbocycles. The molecule has 0 saturated carbocycles. The monoisotopic (exact) mass is 467 g/mol. The lowest BCUT2D eigenvalue weighted by Gasteiger charge is -2.11. The summed E-state index contributed by atoms with van der Waals surface area (Å²) in [7, 11) is 0. The average Bonchev–Trinajstić information content (AvgIpc) is 3.42. The molecule has 0 atom stereocenters. The molecular formula is C24H21NO7S. The minimum Gasteiger partial charge on any atom is -0.478 e. The Morgan fingerprint density at radius 3 is 2.45 bits per heavy atom. The van der Waals surface area contributed by atoms with Gasteiger partial charge in [0.1, 0.15) is 16.5 Å². The summed E-state index contributed by atoms with van der Waals surface area (Å²) in [5, 5.41) is 19.1. The largest absolute Gasteiger partial charge is 0.478 e. The van der Waals surface area contributed by atoms with Crippen LogP contribution in [0.2, 0.25) is 0 Å². The minimum absolute atomic E-state index is 0.153. The predicted molar refractivity (Wildman–Crippen MR) is 122 cm³/mol. The van der Waals surface area contributed by atoms with Gasteiger partial charge in [0.25, 0.3) is 0 Å². The van der Waals surface area contributed by atoms with Crippen LogP contribution in [0, 0.1) is 0 Å². The number of nitrogens with zero attached hydrogens (tertiary/aromatic N) is 1. The second kappa shape index (κ2) is 9.41. The summed E-state index contributed by atoms with van der Waals surface area (Å²) in [5.74, 6) is -2.17. The number of carbonyl (C=O) groups excluding carboxylic acids is 1. The van der Waals surface area contributed by atoms with E-state index in [1.165, 1.54) is 29.7 Å². The molecular weight excluding hydrogens is 446 g/mol. The number of carboxylic acids is 2. The van der Waals surface area contributed by atoms with E-state index in [2.05, 4.69) is 4.99 Å². The lowest BCUT2D eigenvalue weighted by atomic mass is 9.95. The number of hydrogen-bond acceptors (Lipinski definition) is 7. The fourth-order valence-electron chi connectivity index (χ4n) is 3.77. The maximum Gasteiger partial charge on any atom is 0.341 e. The summed E-state index contributed by atoms with van der Waals surface area (Å²) in [6.45, 7) is 2.04. The van der Waals surface area contributed by atoms with E-state index in [9.17, 15) is 24.6 Å². The van der Waals surface area contributed by atoms with Crippen molar-refractivity contribution in [1.29, 1.82) is 0 Å². The zero-order valence-corrected chi connectivity index (χ0v) is 18.6. The molecule has 0 unspecified atom stereocenters. The van der Waals surface area contributed by atoms with Gasteiger partial charge in [-0.1, -0.05) is 0 Å². The van der Waals surface area contributed by atoms with Crippen LogP contribution in [0.25, 0.3) is 11.3 Å². The zero-order valence-electron chi connectivity index (χ0n) is 17.8. The normalized spacial score (nSPS) is 13.1. The van der Waals surface area contributed by atoms with Crippen molar-refractivity contribution >= 4 is 40.5 Å². The van der Waals surface area contributed by atoms with Crippen LogP contribution in [0.15, 0.2) is 39.7 Å². The molecule has 0 radical (unpaired) electrons. The lowest BCUT2D eigenvalue weighted by Crippen LogP contribution is -2.09. The first-order valence-corrected chi connectivity index (χ1v) is 11.3. The number of aromatic carboxylic acids is 2. The highest BCUT2D eigenvalue weighted by Crippen LogP contribution is 2.40. The summed E-state index contributed by atoms with van der Waals surface area (Å²) in [5.41, 5.74) is 1.55. The van der Waals surface area contributed by atoms with Crippen molar-refractivity contribution in [3.05, 3.63) is 63.2 Å². The average molecular weight is 467 g/mol. The van der Waals surface area contributed by atoms with Crippen LogP contribution in [0.5, 0.6) is 0 Å². The van der Waals surface area contributed by atoms with Gasteiger partial charge in [0.15, 0.2) is 0 Å². The van der Waals surface area contributed by atoms with Crippen molar-refractivity contribution in [1.82, 2.24) is 0 Å². The van der Waals surface area contributed by atoms with Crippen LogP contribution >= 0.6 is 11.3 Å². The van der Waals surface area contributed by atoms with Crippen LogP contribution in [0.1, 0.15) is 67.0 Å².